The second-order valence-electron chi connectivity index (χ2n) is 7.97. The molecule has 1 heterocycles. The molecule has 1 fully saturated rings. The molecule has 2 N–H and O–H groups in total. The van der Waals surface area contributed by atoms with Gasteiger partial charge in [-0.2, -0.15) is 0 Å². The maximum absolute atomic E-state index is 12.0. The summed E-state index contributed by atoms with van der Waals surface area (Å²) in [7, 11) is 0. The number of hydrogen-bond donors (Lipinski definition) is 2. The van der Waals surface area contributed by atoms with Gasteiger partial charge in [-0.15, -0.1) is 0 Å². The highest BCUT2D eigenvalue weighted by Gasteiger charge is 2.35. The molecule has 1 saturated heterocycles. The van der Waals surface area contributed by atoms with Crippen molar-refractivity contribution in [1.82, 2.24) is 10.2 Å². The Morgan fingerprint density at radius 2 is 1.91 bits per heavy atom. The number of hydrogen-bond acceptors (Lipinski definition) is 4. The van der Waals surface area contributed by atoms with Crippen LogP contribution in [0.4, 0.5) is 4.79 Å². The van der Waals surface area contributed by atoms with Gasteiger partial charge in [0.15, 0.2) is 0 Å². The standard InChI is InChI=1S/C18H36N2O3/c1-6-7-8-9-15(2)19-14-18(22)10-12-20(13-11-18)16(21)23-17(3,4)5/h15,19,22H,6-14H2,1-5H3. The smallest absolute Gasteiger partial charge is 0.410 e. The van der Waals surface area contributed by atoms with Crippen molar-refractivity contribution >= 4 is 6.09 Å². The van der Waals surface area contributed by atoms with Crippen LogP contribution < -0.4 is 5.32 Å². The first-order valence-electron chi connectivity index (χ1n) is 9.09. The zero-order valence-electron chi connectivity index (χ0n) is 15.7. The van der Waals surface area contributed by atoms with Gasteiger partial charge in [0.25, 0.3) is 0 Å². The molecule has 0 radical (unpaired) electrons. The number of carbonyl (C=O) groups excluding carboxylic acids is 1. The average Bonchev–Trinajstić information content (AvgIpc) is 2.44. The van der Waals surface area contributed by atoms with Gasteiger partial charge in [0.05, 0.1) is 5.60 Å². The Morgan fingerprint density at radius 3 is 2.43 bits per heavy atom. The third-order valence-electron chi connectivity index (χ3n) is 4.37. The number of unbranched alkanes of at least 4 members (excludes halogenated alkanes) is 2. The van der Waals surface area contributed by atoms with E-state index >= 15 is 0 Å². The normalized spacial score (nSPS) is 19.5. The lowest BCUT2D eigenvalue weighted by Crippen LogP contribution is -2.53. The number of carbonyl (C=O) groups is 1. The number of nitrogens with zero attached hydrogens (tertiary/aromatic N) is 1. The van der Waals surface area contributed by atoms with E-state index in [-0.39, 0.29) is 6.09 Å². The lowest BCUT2D eigenvalue weighted by Gasteiger charge is -2.39. The Hall–Kier alpha value is -0.810. The zero-order chi connectivity index (χ0) is 17.5. The van der Waals surface area contributed by atoms with E-state index in [1.807, 2.05) is 20.8 Å². The molecule has 0 spiro atoms. The lowest BCUT2D eigenvalue weighted by molar-refractivity contribution is -0.0320. The van der Waals surface area contributed by atoms with E-state index in [0.29, 0.717) is 38.5 Å². The molecule has 136 valence electrons. The number of likely N-dealkylation sites (tertiary alicyclic amines) is 1. The summed E-state index contributed by atoms with van der Waals surface area (Å²) in [5.74, 6) is 0. The van der Waals surface area contributed by atoms with Crippen molar-refractivity contribution in [1.29, 1.82) is 0 Å². The van der Waals surface area contributed by atoms with Crippen molar-refractivity contribution in [3.8, 4) is 0 Å². The Kier molecular flexibility index (Phi) is 7.81. The Balaban J connectivity index is 2.31. The summed E-state index contributed by atoms with van der Waals surface area (Å²) in [5, 5.41) is 14.1. The summed E-state index contributed by atoms with van der Waals surface area (Å²) in [4.78, 5) is 13.7. The second kappa shape index (κ2) is 8.88. The third-order valence-corrected chi connectivity index (χ3v) is 4.37. The first-order valence-corrected chi connectivity index (χ1v) is 9.09. The largest absolute Gasteiger partial charge is 0.444 e. The highest BCUT2D eigenvalue weighted by molar-refractivity contribution is 5.68. The molecule has 1 atom stereocenters. The van der Waals surface area contributed by atoms with Crippen molar-refractivity contribution in [2.45, 2.75) is 90.4 Å². The number of amides is 1. The SMILES string of the molecule is CCCCCC(C)NCC1(O)CCN(C(=O)OC(C)(C)C)CC1. The molecule has 1 aliphatic rings. The molecule has 0 aliphatic carbocycles. The van der Waals surface area contributed by atoms with Crippen LogP contribution in [0.3, 0.4) is 0 Å². The summed E-state index contributed by atoms with van der Waals surface area (Å²) in [5.41, 5.74) is -1.18. The number of piperidine rings is 1. The van der Waals surface area contributed by atoms with Gasteiger partial charge in [-0.1, -0.05) is 26.2 Å². The van der Waals surface area contributed by atoms with Crippen LogP contribution >= 0.6 is 0 Å². The molecule has 0 aromatic carbocycles. The van der Waals surface area contributed by atoms with Gasteiger partial charge in [0.2, 0.25) is 0 Å². The summed E-state index contributed by atoms with van der Waals surface area (Å²) in [6.45, 7) is 11.7. The summed E-state index contributed by atoms with van der Waals surface area (Å²) in [6.07, 6.45) is 5.80. The molecule has 5 nitrogen and oxygen atoms in total. The van der Waals surface area contributed by atoms with Crippen LogP contribution in [-0.4, -0.2) is 53.0 Å². The van der Waals surface area contributed by atoms with Gasteiger partial charge in [-0.3, -0.25) is 0 Å². The van der Waals surface area contributed by atoms with Crippen molar-refractivity contribution < 1.29 is 14.6 Å². The van der Waals surface area contributed by atoms with Gasteiger partial charge in [-0.05, 0) is 47.0 Å². The van der Waals surface area contributed by atoms with Crippen molar-refractivity contribution in [3.63, 3.8) is 0 Å². The van der Waals surface area contributed by atoms with Crippen LogP contribution in [0.15, 0.2) is 0 Å². The van der Waals surface area contributed by atoms with E-state index in [1.165, 1.54) is 19.3 Å². The van der Waals surface area contributed by atoms with Crippen molar-refractivity contribution in [2.24, 2.45) is 0 Å². The first kappa shape index (κ1) is 20.2. The minimum absolute atomic E-state index is 0.277. The van der Waals surface area contributed by atoms with Gasteiger partial charge in [0.1, 0.15) is 5.60 Å². The van der Waals surface area contributed by atoms with Gasteiger partial charge in [-0.25, -0.2) is 4.79 Å². The van der Waals surface area contributed by atoms with Crippen molar-refractivity contribution in [3.05, 3.63) is 0 Å². The van der Waals surface area contributed by atoms with E-state index in [4.69, 9.17) is 4.74 Å². The zero-order valence-corrected chi connectivity index (χ0v) is 15.7. The quantitative estimate of drug-likeness (QED) is 0.704. The molecule has 1 amide bonds. The molecular formula is C18H36N2O3. The molecule has 0 saturated carbocycles. The maximum Gasteiger partial charge on any atom is 0.410 e. The summed E-state index contributed by atoms with van der Waals surface area (Å²) in [6, 6.07) is 0.425. The number of ether oxygens (including phenoxy) is 1. The monoisotopic (exact) mass is 328 g/mol. The molecule has 0 aromatic rings. The van der Waals surface area contributed by atoms with Crippen LogP contribution in [-0.2, 0) is 4.74 Å². The van der Waals surface area contributed by atoms with E-state index in [1.54, 1.807) is 4.90 Å². The number of rotatable bonds is 7. The van der Waals surface area contributed by atoms with E-state index < -0.39 is 11.2 Å². The average molecular weight is 328 g/mol. The molecule has 23 heavy (non-hydrogen) atoms. The van der Waals surface area contributed by atoms with Crippen LogP contribution in [0.25, 0.3) is 0 Å². The Bertz CT molecular complexity index is 358. The molecule has 1 aliphatic heterocycles. The first-order chi connectivity index (χ1) is 10.7. The van der Waals surface area contributed by atoms with Gasteiger partial charge in [0, 0.05) is 25.7 Å². The fourth-order valence-electron chi connectivity index (χ4n) is 2.78. The van der Waals surface area contributed by atoms with E-state index in [2.05, 4.69) is 19.2 Å². The topological polar surface area (TPSA) is 61.8 Å². The molecule has 0 aromatic heterocycles. The van der Waals surface area contributed by atoms with Crippen LogP contribution in [0.2, 0.25) is 0 Å². The maximum atomic E-state index is 12.0. The third kappa shape index (κ3) is 8.02. The molecule has 0 bridgehead atoms. The minimum atomic E-state index is -0.711. The molecule has 5 heteroatoms. The fraction of sp³-hybridized carbons (Fsp3) is 0.944. The second-order valence-corrected chi connectivity index (χ2v) is 7.97. The van der Waals surface area contributed by atoms with Crippen molar-refractivity contribution in [2.75, 3.05) is 19.6 Å². The van der Waals surface area contributed by atoms with Crippen LogP contribution in [0.5, 0.6) is 0 Å². The fourth-order valence-corrected chi connectivity index (χ4v) is 2.78. The number of aliphatic hydroxyl groups is 1. The van der Waals surface area contributed by atoms with Gasteiger partial charge >= 0.3 is 6.09 Å². The summed E-state index contributed by atoms with van der Waals surface area (Å²) >= 11 is 0. The van der Waals surface area contributed by atoms with Gasteiger partial charge < -0.3 is 20.1 Å². The predicted octanol–water partition coefficient (Wildman–Crippen LogP) is 3.31. The highest BCUT2D eigenvalue weighted by atomic mass is 16.6. The minimum Gasteiger partial charge on any atom is -0.444 e. The number of nitrogens with one attached hydrogen (secondary N) is 1. The molecular weight excluding hydrogens is 292 g/mol. The Labute approximate surface area is 141 Å². The Morgan fingerprint density at radius 1 is 1.30 bits per heavy atom. The van der Waals surface area contributed by atoms with E-state index in [9.17, 15) is 9.90 Å². The van der Waals surface area contributed by atoms with Crippen LogP contribution in [0.1, 0.15) is 73.1 Å². The summed E-state index contributed by atoms with van der Waals surface area (Å²) < 4.78 is 5.39. The predicted molar refractivity (Wildman–Crippen MR) is 93.6 cm³/mol. The highest BCUT2D eigenvalue weighted by Crippen LogP contribution is 2.23. The molecule has 1 rings (SSSR count). The van der Waals surface area contributed by atoms with Crippen LogP contribution in [0, 0.1) is 0 Å². The van der Waals surface area contributed by atoms with E-state index in [0.717, 1.165) is 6.42 Å². The lowest BCUT2D eigenvalue weighted by atomic mass is 9.91. The molecule has 1 unspecified atom stereocenters.